The molecule has 0 aromatic carbocycles. The van der Waals surface area contributed by atoms with Crippen LogP contribution in [0.1, 0.15) is 39.4 Å². The molecule has 0 aliphatic heterocycles. The molecule has 2 N–H and O–H groups in total. The van der Waals surface area contributed by atoms with Crippen LogP contribution in [0.15, 0.2) is 6.07 Å². The summed E-state index contributed by atoms with van der Waals surface area (Å²) in [4.78, 5) is 20.0. The van der Waals surface area contributed by atoms with Crippen molar-refractivity contribution in [3.63, 3.8) is 0 Å². The minimum atomic E-state index is 0.0245. The van der Waals surface area contributed by atoms with Crippen LogP contribution in [0, 0.1) is 0 Å². The summed E-state index contributed by atoms with van der Waals surface area (Å²) in [5, 5.41) is 6.35. The maximum atomic E-state index is 11.5. The van der Waals surface area contributed by atoms with Crippen molar-refractivity contribution in [1.82, 2.24) is 15.3 Å². The van der Waals surface area contributed by atoms with Crippen molar-refractivity contribution in [1.29, 1.82) is 0 Å². The number of carbonyl (C=O) groups excluding carboxylic acids is 1. The van der Waals surface area contributed by atoms with Crippen molar-refractivity contribution in [3.8, 4) is 0 Å². The second-order valence-corrected chi connectivity index (χ2v) is 5.03. The number of nitrogens with one attached hydrogen (secondary N) is 2. The fourth-order valence-corrected chi connectivity index (χ4v) is 1.79. The van der Waals surface area contributed by atoms with Gasteiger partial charge in [0, 0.05) is 31.5 Å². The normalized spacial score (nSPS) is 10.6. The van der Waals surface area contributed by atoms with Gasteiger partial charge in [-0.15, -0.1) is 0 Å². The number of carbonyl (C=O) groups is 1. The van der Waals surface area contributed by atoms with Gasteiger partial charge in [0.15, 0.2) is 0 Å². The largest absolute Gasteiger partial charge is 0.369 e. The molecule has 19 heavy (non-hydrogen) atoms. The van der Waals surface area contributed by atoms with Crippen LogP contribution in [-0.4, -0.2) is 28.5 Å². The Balaban J connectivity index is 2.46. The Bertz CT molecular complexity index is 423. The van der Waals surface area contributed by atoms with Gasteiger partial charge in [-0.05, 0) is 20.3 Å². The van der Waals surface area contributed by atoms with Gasteiger partial charge in [0.25, 0.3) is 0 Å². The van der Waals surface area contributed by atoms with Gasteiger partial charge in [-0.3, -0.25) is 4.79 Å². The van der Waals surface area contributed by atoms with E-state index in [0.29, 0.717) is 23.9 Å². The number of hydrogen-bond donors (Lipinski definition) is 2. The molecule has 5 nitrogen and oxygen atoms in total. The first kappa shape index (κ1) is 15.7. The summed E-state index contributed by atoms with van der Waals surface area (Å²) in [6.45, 7) is 6.46. The van der Waals surface area contributed by atoms with Crippen LogP contribution >= 0.6 is 11.6 Å². The lowest BCUT2D eigenvalue weighted by atomic mass is 10.3. The second-order valence-electron chi connectivity index (χ2n) is 4.64. The van der Waals surface area contributed by atoms with Crippen molar-refractivity contribution >= 4 is 23.3 Å². The van der Waals surface area contributed by atoms with E-state index in [2.05, 4.69) is 27.5 Å². The Kier molecular flexibility index (Phi) is 6.56. The SMILES string of the molecule is CCCc1nc(Cl)cc(NCCC(=O)NC(C)C)n1. The number of aromatic nitrogens is 2. The van der Waals surface area contributed by atoms with Crippen molar-refractivity contribution in [2.75, 3.05) is 11.9 Å². The Hall–Kier alpha value is -1.36. The highest BCUT2D eigenvalue weighted by atomic mass is 35.5. The summed E-state index contributed by atoms with van der Waals surface area (Å²) in [7, 11) is 0. The summed E-state index contributed by atoms with van der Waals surface area (Å²) in [6.07, 6.45) is 2.17. The molecular weight excluding hydrogens is 264 g/mol. The molecule has 1 amide bonds. The minimum absolute atomic E-state index is 0.0245. The van der Waals surface area contributed by atoms with Gasteiger partial charge in [0.1, 0.15) is 16.8 Å². The zero-order valence-corrected chi connectivity index (χ0v) is 12.4. The number of halogens is 1. The Morgan fingerprint density at radius 2 is 2.16 bits per heavy atom. The lowest BCUT2D eigenvalue weighted by molar-refractivity contribution is -0.121. The van der Waals surface area contributed by atoms with Crippen LogP contribution in [0.2, 0.25) is 5.15 Å². The molecule has 0 saturated heterocycles. The topological polar surface area (TPSA) is 66.9 Å². The Morgan fingerprint density at radius 1 is 1.42 bits per heavy atom. The quantitative estimate of drug-likeness (QED) is 0.755. The van der Waals surface area contributed by atoms with E-state index in [9.17, 15) is 4.79 Å². The first-order valence-corrected chi connectivity index (χ1v) is 6.95. The van der Waals surface area contributed by atoms with Crippen LogP contribution in [0.25, 0.3) is 0 Å². The van der Waals surface area contributed by atoms with E-state index < -0.39 is 0 Å². The molecule has 1 aromatic heterocycles. The molecule has 1 aromatic rings. The molecule has 0 fully saturated rings. The first-order chi connectivity index (χ1) is 9.01. The van der Waals surface area contributed by atoms with Crippen molar-refractivity contribution in [3.05, 3.63) is 17.0 Å². The molecule has 1 heterocycles. The van der Waals surface area contributed by atoms with Gasteiger partial charge < -0.3 is 10.6 Å². The van der Waals surface area contributed by atoms with Crippen LogP contribution in [-0.2, 0) is 11.2 Å². The monoisotopic (exact) mass is 284 g/mol. The molecule has 0 aliphatic carbocycles. The predicted molar refractivity (Wildman–Crippen MR) is 77.4 cm³/mol. The minimum Gasteiger partial charge on any atom is -0.369 e. The van der Waals surface area contributed by atoms with Crippen molar-refractivity contribution in [2.24, 2.45) is 0 Å². The number of hydrogen-bond acceptors (Lipinski definition) is 4. The van der Waals surface area contributed by atoms with Crippen LogP contribution in [0.3, 0.4) is 0 Å². The lowest BCUT2D eigenvalue weighted by Crippen LogP contribution is -2.31. The highest BCUT2D eigenvalue weighted by molar-refractivity contribution is 6.29. The van der Waals surface area contributed by atoms with E-state index in [-0.39, 0.29) is 11.9 Å². The van der Waals surface area contributed by atoms with Gasteiger partial charge in [-0.1, -0.05) is 18.5 Å². The smallest absolute Gasteiger partial charge is 0.221 e. The molecule has 0 atom stereocenters. The molecule has 0 spiro atoms. The van der Waals surface area contributed by atoms with Gasteiger partial charge in [-0.2, -0.15) is 0 Å². The summed E-state index contributed by atoms with van der Waals surface area (Å²) in [5.41, 5.74) is 0. The third-order valence-corrected chi connectivity index (χ3v) is 2.52. The Morgan fingerprint density at radius 3 is 2.79 bits per heavy atom. The molecule has 6 heteroatoms. The molecule has 0 bridgehead atoms. The van der Waals surface area contributed by atoms with Crippen molar-refractivity contribution < 1.29 is 4.79 Å². The van der Waals surface area contributed by atoms with E-state index >= 15 is 0 Å². The van der Waals surface area contributed by atoms with Crippen LogP contribution in [0.4, 0.5) is 5.82 Å². The van der Waals surface area contributed by atoms with Crippen LogP contribution < -0.4 is 10.6 Å². The summed E-state index contributed by atoms with van der Waals surface area (Å²) in [6, 6.07) is 1.83. The molecule has 1 rings (SSSR count). The van der Waals surface area contributed by atoms with Gasteiger partial charge in [0.05, 0.1) is 0 Å². The summed E-state index contributed by atoms with van der Waals surface area (Å²) in [5.74, 6) is 1.42. The summed E-state index contributed by atoms with van der Waals surface area (Å²) < 4.78 is 0. The zero-order chi connectivity index (χ0) is 14.3. The fraction of sp³-hybridized carbons (Fsp3) is 0.615. The molecule has 0 aliphatic rings. The van der Waals surface area contributed by atoms with E-state index in [1.165, 1.54) is 0 Å². The van der Waals surface area contributed by atoms with Crippen LogP contribution in [0.5, 0.6) is 0 Å². The first-order valence-electron chi connectivity index (χ1n) is 6.58. The zero-order valence-electron chi connectivity index (χ0n) is 11.7. The third-order valence-electron chi connectivity index (χ3n) is 2.32. The van der Waals surface area contributed by atoms with E-state index in [4.69, 9.17) is 11.6 Å². The van der Waals surface area contributed by atoms with E-state index in [1.54, 1.807) is 6.07 Å². The third kappa shape index (κ3) is 6.38. The molecular formula is C13H21ClN4O. The lowest BCUT2D eigenvalue weighted by Gasteiger charge is -2.10. The molecule has 0 unspecified atom stereocenters. The van der Waals surface area contributed by atoms with E-state index in [1.807, 2.05) is 13.8 Å². The number of amides is 1. The van der Waals surface area contributed by atoms with Gasteiger partial charge >= 0.3 is 0 Å². The number of aryl methyl sites for hydroxylation is 1. The summed E-state index contributed by atoms with van der Waals surface area (Å²) >= 11 is 5.93. The number of anilines is 1. The maximum Gasteiger partial charge on any atom is 0.221 e. The second kappa shape index (κ2) is 7.94. The average molecular weight is 285 g/mol. The molecule has 0 saturated carbocycles. The number of nitrogens with zero attached hydrogens (tertiary/aromatic N) is 2. The van der Waals surface area contributed by atoms with Gasteiger partial charge in [-0.25, -0.2) is 9.97 Å². The van der Waals surface area contributed by atoms with Crippen molar-refractivity contribution in [2.45, 2.75) is 46.1 Å². The number of rotatable bonds is 7. The molecule has 0 radical (unpaired) electrons. The fourth-order valence-electron chi connectivity index (χ4n) is 1.59. The predicted octanol–water partition coefficient (Wildman–Crippen LogP) is 2.41. The van der Waals surface area contributed by atoms with E-state index in [0.717, 1.165) is 18.7 Å². The van der Waals surface area contributed by atoms with Gasteiger partial charge in [0.2, 0.25) is 5.91 Å². The average Bonchev–Trinajstić information content (AvgIpc) is 2.27. The molecule has 106 valence electrons. The standard InChI is InChI=1S/C13H21ClN4O/c1-4-5-11-17-10(14)8-12(18-11)15-7-6-13(19)16-9(2)3/h8-9H,4-7H2,1-3H3,(H,16,19)(H,15,17,18). The maximum absolute atomic E-state index is 11.5. The highest BCUT2D eigenvalue weighted by Crippen LogP contribution is 2.12. The highest BCUT2D eigenvalue weighted by Gasteiger charge is 2.05. The Labute approximate surface area is 119 Å².